The fourth-order valence-corrected chi connectivity index (χ4v) is 2.95. The summed E-state index contributed by atoms with van der Waals surface area (Å²) >= 11 is 5.98. The molecule has 110 valence electrons. The number of aliphatic hydroxyl groups is 1. The first kappa shape index (κ1) is 15.3. The molecule has 2 atom stereocenters. The van der Waals surface area contributed by atoms with Crippen molar-refractivity contribution in [2.45, 2.75) is 38.7 Å². The zero-order valence-corrected chi connectivity index (χ0v) is 12.9. The molecule has 1 aliphatic carbocycles. The molecule has 0 spiro atoms. The van der Waals surface area contributed by atoms with Crippen LogP contribution in [0.4, 0.5) is 0 Å². The fourth-order valence-electron chi connectivity index (χ4n) is 2.83. The summed E-state index contributed by atoms with van der Waals surface area (Å²) in [6, 6.07) is 5.33. The molecule has 0 radical (unpaired) electrons. The monoisotopic (exact) mass is 295 g/mol. The van der Waals surface area contributed by atoms with Gasteiger partial charge in [0.2, 0.25) is 0 Å². The lowest BCUT2D eigenvalue weighted by Gasteiger charge is -2.31. The number of amides is 1. The van der Waals surface area contributed by atoms with Crippen LogP contribution in [0, 0.1) is 12.8 Å². The highest BCUT2D eigenvalue weighted by Crippen LogP contribution is 2.25. The number of carbonyl (C=O) groups excluding carboxylic acids is 1. The van der Waals surface area contributed by atoms with Crippen molar-refractivity contribution in [1.29, 1.82) is 0 Å². The maximum Gasteiger partial charge on any atom is 0.253 e. The van der Waals surface area contributed by atoms with Crippen molar-refractivity contribution in [3.8, 4) is 0 Å². The number of rotatable bonds is 3. The van der Waals surface area contributed by atoms with Crippen molar-refractivity contribution in [1.82, 2.24) is 4.90 Å². The van der Waals surface area contributed by atoms with Gasteiger partial charge in [0.25, 0.3) is 5.91 Å². The van der Waals surface area contributed by atoms with E-state index in [4.69, 9.17) is 11.6 Å². The second-order valence-electron chi connectivity index (χ2n) is 5.76. The highest BCUT2D eigenvalue weighted by atomic mass is 35.5. The zero-order valence-electron chi connectivity index (χ0n) is 12.1. The number of aliphatic hydroxyl groups excluding tert-OH is 1. The maximum atomic E-state index is 12.4. The predicted octanol–water partition coefficient (Wildman–Crippen LogP) is 3.27. The van der Waals surface area contributed by atoms with Crippen LogP contribution >= 0.6 is 11.6 Å². The van der Waals surface area contributed by atoms with Gasteiger partial charge >= 0.3 is 0 Å². The Hall–Kier alpha value is -1.06. The van der Waals surface area contributed by atoms with Gasteiger partial charge in [0, 0.05) is 30.1 Å². The minimum absolute atomic E-state index is 0.0115. The van der Waals surface area contributed by atoms with Gasteiger partial charge in [-0.1, -0.05) is 24.4 Å². The molecule has 0 heterocycles. The van der Waals surface area contributed by atoms with Gasteiger partial charge in [0.15, 0.2) is 0 Å². The number of carbonyl (C=O) groups is 1. The summed E-state index contributed by atoms with van der Waals surface area (Å²) in [5.41, 5.74) is 1.56. The van der Waals surface area contributed by atoms with Crippen LogP contribution < -0.4 is 0 Å². The van der Waals surface area contributed by atoms with Crippen LogP contribution in [0.1, 0.15) is 41.6 Å². The molecule has 1 amide bonds. The molecule has 0 bridgehead atoms. The number of hydrogen-bond acceptors (Lipinski definition) is 2. The summed E-state index contributed by atoms with van der Waals surface area (Å²) in [6.45, 7) is 2.51. The minimum atomic E-state index is -0.272. The van der Waals surface area contributed by atoms with Crippen LogP contribution in [0.25, 0.3) is 0 Å². The highest BCUT2D eigenvalue weighted by molar-refractivity contribution is 6.31. The molecule has 1 N–H and O–H groups in total. The van der Waals surface area contributed by atoms with E-state index in [0.717, 1.165) is 31.2 Å². The number of halogens is 1. The molecule has 3 nitrogen and oxygen atoms in total. The molecule has 1 aromatic carbocycles. The van der Waals surface area contributed by atoms with Crippen molar-refractivity contribution in [2.75, 3.05) is 13.6 Å². The normalized spacial score (nSPS) is 22.6. The number of benzene rings is 1. The highest BCUT2D eigenvalue weighted by Gasteiger charge is 2.26. The van der Waals surface area contributed by atoms with Gasteiger partial charge in [-0.3, -0.25) is 4.79 Å². The van der Waals surface area contributed by atoms with E-state index in [0.29, 0.717) is 17.1 Å². The SMILES string of the molecule is Cc1cc(C(=O)N(C)CC2CCCCC2O)ccc1Cl. The molecule has 0 aliphatic heterocycles. The lowest BCUT2D eigenvalue weighted by atomic mass is 9.86. The van der Waals surface area contributed by atoms with Crippen LogP contribution in [0.5, 0.6) is 0 Å². The molecule has 1 fully saturated rings. The molecule has 0 saturated heterocycles. The Morgan fingerprint density at radius 3 is 2.75 bits per heavy atom. The van der Waals surface area contributed by atoms with Crippen molar-refractivity contribution >= 4 is 17.5 Å². The second kappa shape index (κ2) is 6.59. The molecule has 20 heavy (non-hydrogen) atoms. The standard InChI is InChI=1S/C16H22ClNO2/c1-11-9-12(7-8-14(11)17)16(20)18(2)10-13-5-3-4-6-15(13)19/h7-9,13,15,19H,3-6,10H2,1-2H3. The lowest BCUT2D eigenvalue weighted by molar-refractivity contribution is 0.0451. The Labute approximate surface area is 125 Å². The van der Waals surface area contributed by atoms with E-state index in [2.05, 4.69) is 0 Å². The van der Waals surface area contributed by atoms with Gasteiger partial charge in [0.1, 0.15) is 0 Å². The average Bonchev–Trinajstić information content (AvgIpc) is 2.43. The molecular weight excluding hydrogens is 274 g/mol. The van der Waals surface area contributed by atoms with E-state index in [-0.39, 0.29) is 17.9 Å². The van der Waals surface area contributed by atoms with Crippen LogP contribution in [0.3, 0.4) is 0 Å². The van der Waals surface area contributed by atoms with E-state index in [1.807, 2.05) is 13.0 Å². The van der Waals surface area contributed by atoms with Gasteiger partial charge < -0.3 is 10.0 Å². The van der Waals surface area contributed by atoms with Crippen molar-refractivity contribution < 1.29 is 9.90 Å². The maximum absolute atomic E-state index is 12.4. The summed E-state index contributed by atoms with van der Waals surface area (Å²) < 4.78 is 0. The van der Waals surface area contributed by atoms with E-state index < -0.39 is 0 Å². The van der Waals surface area contributed by atoms with Crippen molar-refractivity contribution in [2.24, 2.45) is 5.92 Å². The zero-order chi connectivity index (χ0) is 14.7. The smallest absolute Gasteiger partial charge is 0.253 e. The first-order valence-corrected chi connectivity index (χ1v) is 7.56. The predicted molar refractivity (Wildman–Crippen MR) is 81.1 cm³/mol. The average molecular weight is 296 g/mol. The molecular formula is C16H22ClNO2. The largest absolute Gasteiger partial charge is 0.393 e. The van der Waals surface area contributed by atoms with Crippen LogP contribution in [-0.2, 0) is 0 Å². The third-order valence-electron chi connectivity index (χ3n) is 4.13. The number of hydrogen-bond donors (Lipinski definition) is 1. The first-order chi connectivity index (χ1) is 9.49. The van der Waals surface area contributed by atoms with E-state index in [9.17, 15) is 9.90 Å². The molecule has 4 heteroatoms. The second-order valence-corrected chi connectivity index (χ2v) is 6.17. The third kappa shape index (κ3) is 3.53. The van der Waals surface area contributed by atoms with Crippen LogP contribution in [0.2, 0.25) is 5.02 Å². The van der Waals surface area contributed by atoms with E-state index >= 15 is 0 Å². The summed E-state index contributed by atoms with van der Waals surface area (Å²) in [7, 11) is 1.80. The minimum Gasteiger partial charge on any atom is -0.393 e. The third-order valence-corrected chi connectivity index (χ3v) is 4.55. The quantitative estimate of drug-likeness (QED) is 0.930. The molecule has 2 unspecified atom stereocenters. The van der Waals surface area contributed by atoms with Gasteiger partial charge in [-0.15, -0.1) is 0 Å². The first-order valence-electron chi connectivity index (χ1n) is 7.18. The number of nitrogens with zero attached hydrogens (tertiary/aromatic N) is 1. The lowest BCUT2D eigenvalue weighted by Crippen LogP contribution is -2.38. The summed E-state index contributed by atoms with van der Waals surface area (Å²) in [5, 5.41) is 10.7. The Balaban J connectivity index is 2.02. The molecule has 1 aromatic rings. The number of aryl methyl sites for hydroxylation is 1. The van der Waals surface area contributed by atoms with Crippen LogP contribution in [-0.4, -0.2) is 35.6 Å². The fraction of sp³-hybridized carbons (Fsp3) is 0.562. The molecule has 1 saturated carbocycles. The topological polar surface area (TPSA) is 40.5 Å². The van der Waals surface area contributed by atoms with E-state index in [1.54, 1.807) is 24.1 Å². The Morgan fingerprint density at radius 1 is 1.40 bits per heavy atom. The van der Waals surface area contributed by atoms with Crippen LogP contribution in [0.15, 0.2) is 18.2 Å². The van der Waals surface area contributed by atoms with Crippen molar-refractivity contribution in [3.63, 3.8) is 0 Å². The molecule has 1 aliphatic rings. The Bertz CT molecular complexity index is 489. The van der Waals surface area contributed by atoms with Gasteiger partial charge in [0.05, 0.1) is 6.10 Å². The van der Waals surface area contributed by atoms with E-state index in [1.165, 1.54) is 0 Å². The Kier molecular flexibility index (Phi) is 5.06. The van der Waals surface area contributed by atoms with Gasteiger partial charge in [-0.2, -0.15) is 0 Å². The van der Waals surface area contributed by atoms with Gasteiger partial charge in [-0.05, 0) is 43.5 Å². The summed E-state index contributed by atoms with van der Waals surface area (Å²) in [4.78, 5) is 14.1. The van der Waals surface area contributed by atoms with Gasteiger partial charge in [-0.25, -0.2) is 0 Å². The summed E-state index contributed by atoms with van der Waals surface area (Å²) in [5.74, 6) is 0.189. The molecule has 0 aromatic heterocycles. The van der Waals surface area contributed by atoms with Crippen molar-refractivity contribution in [3.05, 3.63) is 34.3 Å². The summed E-state index contributed by atoms with van der Waals surface area (Å²) in [6.07, 6.45) is 3.81. The molecule has 2 rings (SSSR count). The Morgan fingerprint density at radius 2 is 2.10 bits per heavy atom.